The summed E-state index contributed by atoms with van der Waals surface area (Å²) in [5.74, 6) is 1.13. The third-order valence-electron chi connectivity index (χ3n) is 1.65. The molecule has 0 atom stereocenters. The van der Waals surface area contributed by atoms with Gasteiger partial charge in [0.25, 0.3) is 0 Å². The predicted molar refractivity (Wildman–Crippen MR) is 59.9 cm³/mol. The highest BCUT2D eigenvalue weighted by Crippen LogP contribution is 2.18. The minimum absolute atomic E-state index is 0.426. The summed E-state index contributed by atoms with van der Waals surface area (Å²) >= 11 is 0. The molecule has 88 valence electrons. The van der Waals surface area contributed by atoms with Crippen LogP contribution in [0.15, 0.2) is 24.3 Å². The van der Waals surface area contributed by atoms with Gasteiger partial charge < -0.3 is 14.2 Å². The second-order valence-corrected chi connectivity index (χ2v) is 4.24. The maximum Gasteiger partial charge on any atom is 0.514 e. The van der Waals surface area contributed by atoms with Gasteiger partial charge in [-0.05, 0) is 45.0 Å². The minimum Gasteiger partial charge on any atom is -0.497 e. The van der Waals surface area contributed by atoms with Gasteiger partial charge in [-0.25, -0.2) is 4.79 Å². The van der Waals surface area contributed by atoms with Gasteiger partial charge in [0.05, 0.1) is 7.11 Å². The van der Waals surface area contributed by atoms with E-state index in [9.17, 15) is 4.79 Å². The molecule has 0 aliphatic carbocycles. The zero-order valence-electron chi connectivity index (χ0n) is 9.94. The molecule has 0 N–H and O–H groups in total. The van der Waals surface area contributed by atoms with E-state index in [0.717, 1.165) is 0 Å². The molecule has 0 aliphatic heterocycles. The molecule has 4 heteroatoms. The van der Waals surface area contributed by atoms with Gasteiger partial charge in [-0.15, -0.1) is 0 Å². The van der Waals surface area contributed by atoms with Gasteiger partial charge in [-0.2, -0.15) is 0 Å². The van der Waals surface area contributed by atoms with Crippen LogP contribution in [0.3, 0.4) is 0 Å². The van der Waals surface area contributed by atoms with Crippen LogP contribution in [0.2, 0.25) is 0 Å². The fourth-order valence-electron chi connectivity index (χ4n) is 1.01. The fraction of sp³-hybridized carbons (Fsp3) is 0.417. The largest absolute Gasteiger partial charge is 0.514 e. The Kier molecular flexibility index (Phi) is 3.77. The number of benzene rings is 1. The average molecular weight is 224 g/mol. The molecule has 0 heterocycles. The monoisotopic (exact) mass is 224 g/mol. The van der Waals surface area contributed by atoms with E-state index in [1.54, 1.807) is 52.1 Å². The summed E-state index contributed by atoms with van der Waals surface area (Å²) < 4.78 is 15.0. The molecular weight excluding hydrogens is 208 g/mol. The van der Waals surface area contributed by atoms with E-state index in [-0.39, 0.29) is 0 Å². The van der Waals surface area contributed by atoms with Gasteiger partial charge >= 0.3 is 6.16 Å². The van der Waals surface area contributed by atoms with Crippen LogP contribution in [0.4, 0.5) is 4.79 Å². The standard InChI is InChI=1S/C12H16O4/c1-12(2,3)16-11(13)15-10-7-5-9(14-4)6-8-10/h5-8H,1-4H3. The zero-order valence-corrected chi connectivity index (χ0v) is 9.94. The lowest BCUT2D eigenvalue weighted by Gasteiger charge is -2.18. The Balaban J connectivity index is 2.56. The van der Waals surface area contributed by atoms with Crippen LogP contribution in [0.25, 0.3) is 0 Å². The minimum atomic E-state index is -0.710. The molecule has 0 radical (unpaired) electrons. The van der Waals surface area contributed by atoms with Crippen molar-refractivity contribution in [1.82, 2.24) is 0 Å². The van der Waals surface area contributed by atoms with E-state index < -0.39 is 11.8 Å². The van der Waals surface area contributed by atoms with E-state index in [4.69, 9.17) is 14.2 Å². The van der Waals surface area contributed by atoms with Crippen molar-refractivity contribution < 1.29 is 19.0 Å². The molecule has 1 rings (SSSR count). The lowest BCUT2D eigenvalue weighted by Crippen LogP contribution is -2.25. The number of methoxy groups -OCH3 is 1. The Morgan fingerprint density at radius 3 is 2.00 bits per heavy atom. The fourth-order valence-corrected chi connectivity index (χ4v) is 1.01. The van der Waals surface area contributed by atoms with Crippen molar-refractivity contribution in [2.45, 2.75) is 26.4 Å². The molecule has 1 aromatic carbocycles. The number of ether oxygens (including phenoxy) is 3. The second-order valence-electron chi connectivity index (χ2n) is 4.24. The highest BCUT2D eigenvalue weighted by Gasteiger charge is 2.17. The topological polar surface area (TPSA) is 44.8 Å². The third-order valence-corrected chi connectivity index (χ3v) is 1.65. The molecule has 4 nitrogen and oxygen atoms in total. The Bertz CT molecular complexity index is 348. The van der Waals surface area contributed by atoms with Crippen LogP contribution in [-0.4, -0.2) is 18.9 Å². The zero-order chi connectivity index (χ0) is 12.2. The average Bonchev–Trinajstić information content (AvgIpc) is 2.16. The maximum absolute atomic E-state index is 11.3. The Hall–Kier alpha value is -1.71. The van der Waals surface area contributed by atoms with Gasteiger partial charge in [0.15, 0.2) is 0 Å². The maximum atomic E-state index is 11.3. The van der Waals surface area contributed by atoms with Crippen molar-refractivity contribution in [3.8, 4) is 11.5 Å². The highest BCUT2D eigenvalue weighted by atomic mass is 16.7. The molecule has 0 spiro atoms. The highest BCUT2D eigenvalue weighted by molar-refractivity contribution is 5.64. The predicted octanol–water partition coefficient (Wildman–Crippen LogP) is 3.01. The van der Waals surface area contributed by atoms with E-state index >= 15 is 0 Å². The molecule has 0 saturated heterocycles. The molecule has 0 unspecified atom stereocenters. The first-order valence-electron chi connectivity index (χ1n) is 4.95. The molecule has 0 saturated carbocycles. The molecular formula is C12H16O4. The summed E-state index contributed by atoms with van der Waals surface area (Å²) in [5.41, 5.74) is -0.552. The van der Waals surface area contributed by atoms with Gasteiger partial charge in [-0.3, -0.25) is 0 Å². The lowest BCUT2D eigenvalue weighted by molar-refractivity contribution is 0.0206. The van der Waals surface area contributed by atoms with Crippen molar-refractivity contribution >= 4 is 6.16 Å². The first-order chi connectivity index (χ1) is 7.40. The summed E-state index contributed by atoms with van der Waals surface area (Å²) in [7, 11) is 1.57. The Labute approximate surface area is 95.1 Å². The van der Waals surface area contributed by atoms with E-state index in [1.165, 1.54) is 0 Å². The van der Waals surface area contributed by atoms with Crippen molar-refractivity contribution in [2.24, 2.45) is 0 Å². The van der Waals surface area contributed by atoms with Crippen LogP contribution >= 0.6 is 0 Å². The normalized spacial score (nSPS) is 10.8. The smallest absolute Gasteiger partial charge is 0.497 e. The van der Waals surface area contributed by atoms with Crippen molar-refractivity contribution in [1.29, 1.82) is 0 Å². The number of rotatable bonds is 2. The summed E-state index contributed by atoms with van der Waals surface area (Å²) in [6.07, 6.45) is -0.710. The van der Waals surface area contributed by atoms with E-state index in [1.807, 2.05) is 0 Å². The quantitative estimate of drug-likeness (QED) is 0.572. The van der Waals surface area contributed by atoms with Crippen molar-refractivity contribution in [2.75, 3.05) is 7.11 Å². The van der Waals surface area contributed by atoms with Crippen LogP contribution in [0, 0.1) is 0 Å². The number of carbonyl (C=O) groups is 1. The molecule has 0 fully saturated rings. The van der Waals surface area contributed by atoms with Crippen LogP contribution in [0.5, 0.6) is 11.5 Å². The number of carbonyl (C=O) groups excluding carboxylic acids is 1. The van der Waals surface area contributed by atoms with E-state index in [0.29, 0.717) is 11.5 Å². The van der Waals surface area contributed by atoms with Gasteiger partial charge in [0, 0.05) is 0 Å². The Morgan fingerprint density at radius 1 is 1.06 bits per heavy atom. The SMILES string of the molecule is COc1ccc(OC(=O)OC(C)(C)C)cc1. The van der Waals surface area contributed by atoms with Gasteiger partial charge in [-0.1, -0.05) is 0 Å². The first kappa shape index (κ1) is 12.4. The van der Waals surface area contributed by atoms with Crippen LogP contribution < -0.4 is 9.47 Å². The molecule has 0 bridgehead atoms. The number of hydrogen-bond donors (Lipinski definition) is 0. The van der Waals surface area contributed by atoms with E-state index in [2.05, 4.69) is 0 Å². The van der Waals surface area contributed by atoms with Crippen molar-refractivity contribution in [3.63, 3.8) is 0 Å². The van der Waals surface area contributed by atoms with Crippen molar-refractivity contribution in [3.05, 3.63) is 24.3 Å². The molecule has 0 aromatic heterocycles. The third kappa shape index (κ3) is 4.21. The Morgan fingerprint density at radius 2 is 1.56 bits per heavy atom. The number of hydrogen-bond acceptors (Lipinski definition) is 4. The second kappa shape index (κ2) is 4.88. The van der Waals surface area contributed by atoms with Gasteiger partial charge in [0.1, 0.15) is 17.1 Å². The van der Waals surface area contributed by atoms with Crippen LogP contribution in [-0.2, 0) is 4.74 Å². The summed E-state index contributed by atoms with van der Waals surface area (Å²) in [4.78, 5) is 11.3. The summed E-state index contributed by atoms with van der Waals surface area (Å²) in [6.45, 7) is 5.34. The molecule has 0 amide bonds. The lowest BCUT2D eigenvalue weighted by atomic mass is 10.2. The van der Waals surface area contributed by atoms with Gasteiger partial charge in [0.2, 0.25) is 0 Å². The first-order valence-corrected chi connectivity index (χ1v) is 4.95. The van der Waals surface area contributed by atoms with Crippen LogP contribution in [0.1, 0.15) is 20.8 Å². The molecule has 0 aliphatic rings. The molecule has 16 heavy (non-hydrogen) atoms. The summed E-state index contributed by atoms with van der Waals surface area (Å²) in [6, 6.07) is 6.70. The summed E-state index contributed by atoms with van der Waals surface area (Å²) in [5, 5.41) is 0. The molecule has 1 aromatic rings.